The zero-order valence-corrected chi connectivity index (χ0v) is 28.3. The van der Waals surface area contributed by atoms with E-state index in [1.165, 1.54) is 0 Å². The van der Waals surface area contributed by atoms with Crippen LogP contribution in [0.1, 0.15) is 38.3 Å². The van der Waals surface area contributed by atoms with Gasteiger partial charge in [-0.15, -0.1) is 0 Å². The zero-order valence-electron chi connectivity index (χ0n) is 22.5. The summed E-state index contributed by atoms with van der Waals surface area (Å²) in [6.45, 7) is 9.24. The molecule has 1 unspecified atom stereocenters. The Labute approximate surface area is 275 Å². The van der Waals surface area contributed by atoms with Crippen molar-refractivity contribution in [3.8, 4) is 11.5 Å². The molecule has 0 bridgehead atoms. The number of hydrogen-bond donors (Lipinski definition) is 3. The minimum absolute atomic E-state index is 0. The van der Waals surface area contributed by atoms with E-state index in [1.54, 1.807) is 6.21 Å². The summed E-state index contributed by atoms with van der Waals surface area (Å²) in [5.41, 5.74) is 13.4. The molecule has 0 heterocycles. The molecule has 0 aliphatic heterocycles. The fourth-order valence-corrected chi connectivity index (χ4v) is 4.44. The third-order valence-electron chi connectivity index (χ3n) is 4.98. The number of rotatable bonds is 16. The first-order valence-electron chi connectivity index (χ1n) is 12.5. The Balaban J connectivity index is 0.00000800. The maximum Gasteiger partial charge on any atom is 2.00 e. The summed E-state index contributed by atoms with van der Waals surface area (Å²) >= 11 is 17.7. The molecule has 0 spiro atoms. The third-order valence-corrected chi connectivity index (χ3v) is 6.69. The second-order valence-corrected chi connectivity index (χ2v) is 10.4. The summed E-state index contributed by atoms with van der Waals surface area (Å²) in [6.07, 6.45) is 2.27. The molecule has 2 rings (SSSR count). The van der Waals surface area contributed by atoms with E-state index in [1.807, 2.05) is 57.2 Å². The Hall–Kier alpha value is -1.51. The molecule has 14 heteroatoms. The Bertz CT molecular complexity index is 1100. The predicted molar refractivity (Wildman–Crippen MR) is 173 cm³/mol. The number of halogens is 2. The van der Waals surface area contributed by atoms with Crippen molar-refractivity contribution in [2.75, 3.05) is 26.4 Å². The van der Waals surface area contributed by atoms with Gasteiger partial charge in [-0.25, -0.2) is 0 Å². The quantitative estimate of drug-likeness (QED) is 0.0587. The normalized spacial score (nSPS) is 11.3. The van der Waals surface area contributed by atoms with E-state index in [4.69, 9.17) is 38.6 Å². The minimum atomic E-state index is -0.246. The maximum atomic E-state index is 5.55. The molecule has 0 aliphatic carbocycles. The summed E-state index contributed by atoms with van der Waals surface area (Å²) in [5, 5.41) is 10.9. The van der Waals surface area contributed by atoms with Gasteiger partial charge in [-0.3, -0.25) is 10.5 Å². The van der Waals surface area contributed by atoms with Crippen LogP contribution >= 0.6 is 56.3 Å². The Morgan fingerprint density at radius 1 is 0.900 bits per heavy atom. The van der Waals surface area contributed by atoms with Crippen LogP contribution in [-0.4, -0.2) is 48.9 Å². The summed E-state index contributed by atoms with van der Waals surface area (Å²) in [5.74, 6) is 1.60. The van der Waals surface area contributed by atoms with E-state index in [9.17, 15) is 0 Å². The zero-order chi connectivity index (χ0) is 28.5. The molecule has 0 saturated heterocycles. The second-order valence-electron chi connectivity index (χ2n) is 7.91. The molecule has 9 nitrogen and oxygen atoms in total. The van der Waals surface area contributed by atoms with Crippen LogP contribution in [0.15, 0.2) is 50.4 Å². The monoisotopic (exact) mass is 763 g/mol. The van der Waals surface area contributed by atoms with Gasteiger partial charge in [0.1, 0.15) is 11.5 Å². The third kappa shape index (κ3) is 14.4. The number of ether oxygens (including phenoxy) is 3. The summed E-state index contributed by atoms with van der Waals surface area (Å²) in [4.78, 5) is 0. The average molecular weight is 766 g/mol. The Morgan fingerprint density at radius 3 is 1.95 bits per heavy atom. The molecule has 1 radical (unpaired) electrons. The van der Waals surface area contributed by atoms with Crippen LogP contribution in [0.25, 0.3) is 10.9 Å². The fraction of sp³-hybridized carbons (Fsp3) is 0.423. The topological polar surface area (TPSA) is 104 Å². The van der Waals surface area contributed by atoms with Gasteiger partial charge in [0.05, 0.1) is 22.2 Å². The molecule has 2 aromatic carbocycles. The number of hydrogen-bond acceptors (Lipinski definition) is 7. The van der Waals surface area contributed by atoms with Gasteiger partial charge in [0.25, 0.3) is 0 Å². The van der Waals surface area contributed by atoms with Crippen LogP contribution in [0.4, 0.5) is 0 Å². The second kappa shape index (κ2) is 21.2. The smallest absolute Gasteiger partial charge is 0.493 e. The van der Waals surface area contributed by atoms with Gasteiger partial charge in [-0.2, -0.15) is 0 Å². The van der Waals surface area contributed by atoms with E-state index in [-0.39, 0.29) is 28.2 Å². The summed E-state index contributed by atoms with van der Waals surface area (Å²) in [6, 6.07) is 11.5. The number of benzene rings is 2. The molecule has 223 valence electrons. The van der Waals surface area contributed by atoms with Crippen molar-refractivity contribution >= 4 is 72.7 Å². The number of nitrogens with one attached hydrogen (secondary N) is 3. The molecule has 0 fully saturated rings. The van der Waals surface area contributed by atoms with Crippen LogP contribution in [0.2, 0.25) is 0 Å². The molecule has 2 aromatic rings. The molecule has 3 N–H and O–H groups in total. The molecular weight excluding hydrogens is 732 g/mol. The maximum absolute atomic E-state index is 5.55. The van der Waals surface area contributed by atoms with Crippen molar-refractivity contribution in [2.24, 2.45) is 5.10 Å². The minimum Gasteiger partial charge on any atom is -0.493 e. The van der Waals surface area contributed by atoms with Gasteiger partial charge in [0, 0.05) is 35.7 Å². The first kappa shape index (κ1) is 36.5. The largest absolute Gasteiger partial charge is 2.00 e. The average Bonchev–Trinajstić information content (AvgIpc) is 2.92. The van der Waals surface area contributed by atoms with Crippen molar-refractivity contribution in [1.29, 1.82) is 0 Å². The van der Waals surface area contributed by atoms with Gasteiger partial charge in [-0.05, 0) is 108 Å². The Kier molecular flexibility index (Phi) is 19.4. The van der Waals surface area contributed by atoms with Crippen LogP contribution in [0.5, 0.6) is 11.5 Å². The number of nitrogens with zero attached hydrogens (tertiary/aromatic N) is 3. The van der Waals surface area contributed by atoms with Crippen molar-refractivity contribution in [2.45, 2.75) is 46.3 Å². The first-order valence-corrected chi connectivity index (χ1v) is 14.9. The SMILES string of the molecule is CCOCCC(/C=N\[N-]C(=S)NCc1ccc(OCC)c(Br)c1)N[N-]C(=S)NCc1ccc(OCC)c(Br)c1.[Cu+2]. The molecule has 0 aliphatic rings. The first-order chi connectivity index (χ1) is 18.9. The van der Waals surface area contributed by atoms with Crippen LogP contribution in [-0.2, 0) is 34.9 Å². The fourth-order valence-electron chi connectivity index (χ4n) is 3.12. The Morgan fingerprint density at radius 2 is 1.45 bits per heavy atom. The molecule has 1 atom stereocenters. The molecule has 0 saturated carbocycles. The van der Waals surface area contributed by atoms with Crippen molar-refractivity contribution in [1.82, 2.24) is 16.1 Å². The van der Waals surface area contributed by atoms with E-state index < -0.39 is 0 Å². The van der Waals surface area contributed by atoms with Gasteiger partial charge in [0.2, 0.25) is 0 Å². The van der Waals surface area contributed by atoms with Gasteiger partial charge in [0.15, 0.2) is 0 Å². The van der Waals surface area contributed by atoms with Crippen molar-refractivity contribution < 1.29 is 31.3 Å². The van der Waals surface area contributed by atoms with E-state index in [0.29, 0.717) is 51.1 Å². The van der Waals surface area contributed by atoms with Gasteiger partial charge < -0.3 is 35.7 Å². The molecule has 0 aromatic heterocycles. The summed E-state index contributed by atoms with van der Waals surface area (Å²) < 4.78 is 18.3. The number of thiocarbonyl (C=S) groups is 2. The van der Waals surface area contributed by atoms with Crippen LogP contribution in [0.3, 0.4) is 0 Å². The van der Waals surface area contributed by atoms with E-state index in [2.05, 4.69) is 63.9 Å². The molecule has 40 heavy (non-hydrogen) atoms. The van der Waals surface area contributed by atoms with Gasteiger partial charge in [-0.1, -0.05) is 36.6 Å². The van der Waals surface area contributed by atoms with Gasteiger partial charge >= 0.3 is 17.1 Å². The van der Waals surface area contributed by atoms with E-state index in [0.717, 1.165) is 31.6 Å². The standard InChI is InChI=1S/C26H36Br2N6O3S2.Cu/c1-4-35-12-11-20(32-34-26(39)30-16-19-8-10-24(37-6-3)22(28)14-19)17-31-33-25(38)29-15-18-7-9-23(36-5-2)21(27)13-18;/h7-10,13-14,17,20,32H,4-6,11-12,15-16H2,1-3H3,(H4,29,30,33,34,38,39);/q;+2/p-2/b31-17-;. The van der Waals surface area contributed by atoms with Crippen LogP contribution < -0.4 is 25.5 Å². The van der Waals surface area contributed by atoms with Crippen molar-refractivity contribution in [3.63, 3.8) is 0 Å². The summed E-state index contributed by atoms with van der Waals surface area (Å²) in [7, 11) is 0. The molecular formula is C26H34Br2CuN6O3S2. The molecule has 0 amide bonds. The van der Waals surface area contributed by atoms with Crippen LogP contribution in [0, 0.1) is 0 Å². The van der Waals surface area contributed by atoms with E-state index >= 15 is 0 Å². The predicted octanol–water partition coefficient (Wildman–Crippen LogP) is 6.49. The van der Waals surface area contributed by atoms with Crippen molar-refractivity contribution in [3.05, 3.63) is 67.3 Å².